The quantitative estimate of drug-likeness (QED) is 0.508. The molecule has 0 heterocycles. The smallest absolute Gasteiger partial charge is 0.343 e. The molecule has 0 atom stereocenters. The van der Waals surface area contributed by atoms with Crippen molar-refractivity contribution in [3.63, 3.8) is 0 Å². The predicted octanol–water partition coefficient (Wildman–Crippen LogP) is 3.93. The first-order valence-corrected chi connectivity index (χ1v) is 6.99. The number of hydrogen-bond acceptors (Lipinski definition) is 3. The summed E-state index contributed by atoms with van der Waals surface area (Å²) < 4.78 is 19.1. The third-order valence-corrected chi connectivity index (χ3v) is 3.16. The first-order chi connectivity index (χ1) is 10.5. The normalized spacial score (nSPS) is 9.91. The summed E-state index contributed by atoms with van der Waals surface area (Å²) in [6, 6.07) is 10.1. The van der Waals surface area contributed by atoms with E-state index in [0.29, 0.717) is 10.2 Å². The van der Waals surface area contributed by atoms with Crippen molar-refractivity contribution >= 4 is 33.5 Å². The molecule has 0 aromatic heterocycles. The van der Waals surface area contributed by atoms with Crippen molar-refractivity contribution in [2.45, 2.75) is 0 Å². The zero-order valence-electron chi connectivity index (χ0n) is 11.3. The molecule has 112 valence electrons. The number of esters is 1. The van der Waals surface area contributed by atoms with Crippen LogP contribution in [0.5, 0.6) is 5.75 Å². The molecule has 0 spiro atoms. The van der Waals surface area contributed by atoms with E-state index >= 15 is 0 Å². The highest BCUT2D eigenvalue weighted by Crippen LogP contribution is 2.22. The Morgan fingerprint density at radius 3 is 2.45 bits per heavy atom. The van der Waals surface area contributed by atoms with E-state index in [4.69, 9.17) is 4.74 Å². The average Bonchev–Trinajstić information content (AvgIpc) is 2.50. The van der Waals surface area contributed by atoms with E-state index in [0.717, 1.165) is 6.08 Å². The minimum Gasteiger partial charge on any atom is -0.420 e. The monoisotopic (exact) mass is 363 g/mol. The maximum Gasteiger partial charge on any atom is 0.343 e. The fourth-order valence-corrected chi connectivity index (χ4v) is 1.93. The summed E-state index contributed by atoms with van der Waals surface area (Å²) in [7, 11) is 0. The second kappa shape index (κ2) is 7.00. The Kier molecular flexibility index (Phi) is 5.06. The molecule has 0 radical (unpaired) electrons. The van der Waals surface area contributed by atoms with Crippen LogP contribution in [-0.4, -0.2) is 11.9 Å². The Bertz CT molecular complexity index is 729. The number of carbonyl (C=O) groups is 2. The predicted molar refractivity (Wildman–Crippen MR) is 84.3 cm³/mol. The lowest BCUT2D eigenvalue weighted by atomic mass is 10.2. The van der Waals surface area contributed by atoms with E-state index in [-0.39, 0.29) is 17.2 Å². The van der Waals surface area contributed by atoms with Crippen molar-refractivity contribution in [1.29, 1.82) is 0 Å². The maximum atomic E-state index is 13.6. The molecular weight excluding hydrogens is 353 g/mol. The van der Waals surface area contributed by atoms with E-state index in [1.165, 1.54) is 36.4 Å². The summed E-state index contributed by atoms with van der Waals surface area (Å²) in [6.45, 7) is 3.34. The summed E-state index contributed by atoms with van der Waals surface area (Å²) >= 11 is 3.12. The van der Waals surface area contributed by atoms with Gasteiger partial charge in [-0.1, -0.05) is 22.5 Å². The van der Waals surface area contributed by atoms with Crippen molar-refractivity contribution < 1.29 is 18.7 Å². The zero-order valence-corrected chi connectivity index (χ0v) is 12.9. The first-order valence-electron chi connectivity index (χ1n) is 6.20. The highest BCUT2D eigenvalue weighted by atomic mass is 79.9. The van der Waals surface area contributed by atoms with Gasteiger partial charge in [0.15, 0.2) is 11.6 Å². The van der Waals surface area contributed by atoms with Gasteiger partial charge in [0.05, 0.1) is 5.56 Å². The van der Waals surface area contributed by atoms with Gasteiger partial charge < -0.3 is 10.1 Å². The number of halogens is 2. The molecule has 0 aliphatic heterocycles. The standard InChI is InChI=1S/C16H11BrFNO3/c1-2-15(20)19-12-6-3-10(4-7-12)16(21)22-14-8-5-11(17)9-13(14)18/h2-9H,1H2,(H,19,20). The van der Waals surface area contributed by atoms with Crippen LogP contribution < -0.4 is 10.1 Å². The van der Waals surface area contributed by atoms with Gasteiger partial charge in [-0.25, -0.2) is 9.18 Å². The van der Waals surface area contributed by atoms with Gasteiger partial charge in [-0.3, -0.25) is 4.79 Å². The van der Waals surface area contributed by atoms with Gasteiger partial charge >= 0.3 is 5.97 Å². The maximum absolute atomic E-state index is 13.6. The molecule has 2 aromatic carbocycles. The average molecular weight is 364 g/mol. The second-order valence-corrected chi connectivity index (χ2v) is 5.15. The molecule has 2 aromatic rings. The number of rotatable bonds is 4. The van der Waals surface area contributed by atoms with Crippen molar-refractivity contribution in [2.24, 2.45) is 0 Å². The lowest BCUT2D eigenvalue weighted by molar-refractivity contribution is -0.111. The van der Waals surface area contributed by atoms with Crippen LogP contribution in [-0.2, 0) is 4.79 Å². The van der Waals surface area contributed by atoms with Crippen LogP contribution in [0.4, 0.5) is 10.1 Å². The van der Waals surface area contributed by atoms with Crippen LogP contribution >= 0.6 is 15.9 Å². The van der Waals surface area contributed by atoms with Crippen LogP contribution in [0.1, 0.15) is 10.4 Å². The number of amides is 1. The van der Waals surface area contributed by atoms with Gasteiger partial charge in [-0.2, -0.15) is 0 Å². The van der Waals surface area contributed by atoms with Crippen LogP contribution in [0.3, 0.4) is 0 Å². The Balaban J connectivity index is 2.09. The third-order valence-electron chi connectivity index (χ3n) is 2.67. The highest BCUT2D eigenvalue weighted by Gasteiger charge is 2.12. The summed E-state index contributed by atoms with van der Waals surface area (Å²) in [6.07, 6.45) is 1.14. The molecule has 0 aliphatic rings. The van der Waals surface area contributed by atoms with Gasteiger partial charge in [-0.15, -0.1) is 0 Å². The summed E-state index contributed by atoms with van der Waals surface area (Å²) in [5.41, 5.74) is 0.746. The summed E-state index contributed by atoms with van der Waals surface area (Å²) in [5, 5.41) is 2.55. The molecule has 0 fully saturated rings. The third kappa shape index (κ3) is 4.02. The fraction of sp³-hybridized carbons (Fsp3) is 0. The number of ether oxygens (including phenoxy) is 1. The molecule has 22 heavy (non-hydrogen) atoms. The Hall–Kier alpha value is -2.47. The zero-order chi connectivity index (χ0) is 16.1. The molecule has 1 amide bonds. The number of benzene rings is 2. The molecule has 1 N–H and O–H groups in total. The van der Waals surface area contributed by atoms with Gasteiger partial charge in [0.25, 0.3) is 0 Å². The molecule has 2 rings (SSSR count). The molecule has 6 heteroatoms. The Morgan fingerprint density at radius 1 is 1.18 bits per heavy atom. The van der Waals surface area contributed by atoms with Gasteiger partial charge in [0, 0.05) is 10.2 Å². The number of hydrogen-bond donors (Lipinski definition) is 1. The van der Waals surface area contributed by atoms with Gasteiger partial charge in [0.2, 0.25) is 5.91 Å². The second-order valence-electron chi connectivity index (χ2n) is 4.23. The Morgan fingerprint density at radius 2 is 1.86 bits per heavy atom. The summed E-state index contributed by atoms with van der Waals surface area (Å²) in [4.78, 5) is 23.1. The Labute approximate surface area is 134 Å². The van der Waals surface area contributed by atoms with Crippen LogP contribution in [0.15, 0.2) is 59.6 Å². The largest absolute Gasteiger partial charge is 0.420 e. The molecule has 0 saturated carbocycles. The van der Waals surface area contributed by atoms with Crippen LogP contribution in [0.25, 0.3) is 0 Å². The minimum absolute atomic E-state index is 0.155. The minimum atomic E-state index is -0.692. The summed E-state index contributed by atoms with van der Waals surface area (Å²) in [5.74, 6) is -1.84. The van der Waals surface area contributed by atoms with Crippen molar-refractivity contribution in [3.8, 4) is 5.75 Å². The number of anilines is 1. The topological polar surface area (TPSA) is 55.4 Å². The van der Waals surface area contributed by atoms with E-state index < -0.39 is 11.8 Å². The lowest BCUT2D eigenvalue weighted by Gasteiger charge is -2.07. The molecule has 4 nitrogen and oxygen atoms in total. The highest BCUT2D eigenvalue weighted by molar-refractivity contribution is 9.10. The van der Waals surface area contributed by atoms with E-state index in [2.05, 4.69) is 27.8 Å². The van der Waals surface area contributed by atoms with Crippen molar-refractivity contribution in [3.05, 3.63) is 71.0 Å². The fourth-order valence-electron chi connectivity index (χ4n) is 1.60. The molecule has 0 saturated heterocycles. The van der Waals surface area contributed by atoms with Crippen LogP contribution in [0.2, 0.25) is 0 Å². The SMILES string of the molecule is C=CC(=O)Nc1ccc(C(=O)Oc2ccc(Br)cc2F)cc1. The van der Waals surface area contributed by atoms with Gasteiger partial charge in [-0.05, 0) is 48.5 Å². The molecule has 0 aliphatic carbocycles. The molecule has 0 bridgehead atoms. The van der Waals surface area contributed by atoms with Crippen LogP contribution in [0, 0.1) is 5.82 Å². The number of carbonyl (C=O) groups excluding carboxylic acids is 2. The molecular formula is C16H11BrFNO3. The van der Waals surface area contributed by atoms with E-state index in [1.54, 1.807) is 6.07 Å². The molecule has 0 unspecified atom stereocenters. The van der Waals surface area contributed by atoms with Crippen molar-refractivity contribution in [1.82, 2.24) is 0 Å². The first kappa shape index (κ1) is 15.9. The van der Waals surface area contributed by atoms with E-state index in [1.807, 2.05) is 0 Å². The lowest BCUT2D eigenvalue weighted by Crippen LogP contribution is -2.10. The van der Waals surface area contributed by atoms with Gasteiger partial charge in [0.1, 0.15) is 0 Å². The number of nitrogens with one attached hydrogen (secondary N) is 1. The van der Waals surface area contributed by atoms with E-state index in [9.17, 15) is 14.0 Å². The van der Waals surface area contributed by atoms with Crippen molar-refractivity contribution in [2.75, 3.05) is 5.32 Å².